The van der Waals surface area contributed by atoms with Crippen LogP contribution in [0.1, 0.15) is 43.6 Å². The van der Waals surface area contributed by atoms with E-state index in [0.717, 1.165) is 0 Å². The molecule has 3 unspecified atom stereocenters. The molecule has 0 spiro atoms. The zero-order chi connectivity index (χ0) is 18.4. The van der Waals surface area contributed by atoms with Gasteiger partial charge in [-0.2, -0.15) is 0 Å². The van der Waals surface area contributed by atoms with E-state index in [1.807, 2.05) is 0 Å². The number of ether oxygens (including phenoxy) is 2. The van der Waals surface area contributed by atoms with Gasteiger partial charge in [-0.15, -0.1) is 0 Å². The van der Waals surface area contributed by atoms with Crippen LogP contribution in [0.2, 0.25) is 0 Å². The second kappa shape index (κ2) is 6.92. The lowest BCUT2D eigenvalue weighted by atomic mass is 9.76. The molecule has 3 aliphatic rings. The monoisotopic (exact) mass is 360 g/mol. The van der Waals surface area contributed by atoms with Crippen molar-refractivity contribution in [2.45, 2.75) is 38.8 Å². The van der Waals surface area contributed by atoms with E-state index < -0.39 is 0 Å². The molecule has 2 aromatic rings. The van der Waals surface area contributed by atoms with Gasteiger partial charge in [0.2, 0.25) is 0 Å². The number of allylic oxidation sites excluding steroid dienone is 2. The van der Waals surface area contributed by atoms with E-state index in [0.29, 0.717) is 29.6 Å². The van der Waals surface area contributed by atoms with Crippen molar-refractivity contribution >= 4 is 0 Å². The van der Waals surface area contributed by atoms with Gasteiger partial charge in [0.15, 0.2) is 6.29 Å². The Bertz CT molecular complexity index is 750. The summed E-state index contributed by atoms with van der Waals surface area (Å²) in [5.41, 5.74) is 2.40. The molecule has 140 valence electrons. The highest BCUT2D eigenvalue weighted by molar-refractivity contribution is 5.27. The molecule has 2 heteroatoms. The van der Waals surface area contributed by atoms with Crippen LogP contribution in [-0.4, -0.2) is 6.29 Å². The summed E-state index contributed by atoms with van der Waals surface area (Å²) in [7, 11) is 0. The molecule has 0 radical (unpaired) electrons. The Balaban J connectivity index is 1.48. The Hall–Kier alpha value is -1.90. The first-order chi connectivity index (χ1) is 13.2. The Morgan fingerprint density at radius 1 is 0.741 bits per heavy atom. The highest BCUT2D eigenvalue weighted by Crippen LogP contribution is 2.56. The molecular weight excluding hydrogens is 332 g/mol. The van der Waals surface area contributed by atoms with E-state index in [2.05, 4.69) is 86.7 Å². The van der Waals surface area contributed by atoms with Gasteiger partial charge in [0.25, 0.3) is 0 Å². The maximum absolute atomic E-state index is 6.68. The van der Waals surface area contributed by atoms with Gasteiger partial charge in [-0.25, -0.2) is 0 Å². The fourth-order valence-electron chi connectivity index (χ4n) is 5.66. The highest BCUT2D eigenvalue weighted by Gasteiger charge is 2.53. The molecule has 0 aromatic heterocycles. The first-order valence-electron chi connectivity index (χ1n) is 10.3. The van der Waals surface area contributed by atoms with Crippen molar-refractivity contribution in [1.29, 1.82) is 0 Å². The Morgan fingerprint density at radius 3 is 1.78 bits per heavy atom. The second-order valence-electron chi connectivity index (χ2n) is 8.65. The predicted molar refractivity (Wildman–Crippen MR) is 107 cm³/mol. The molecule has 2 aromatic carbocycles. The number of fused-ring (bicyclic) bond motifs is 2. The summed E-state index contributed by atoms with van der Waals surface area (Å²) < 4.78 is 13.4. The van der Waals surface area contributed by atoms with Gasteiger partial charge >= 0.3 is 0 Å². The maximum atomic E-state index is 6.68. The molecule has 27 heavy (non-hydrogen) atoms. The molecule has 5 rings (SSSR count). The molecule has 1 aliphatic heterocycles. The minimum Gasteiger partial charge on any atom is -0.341 e. The average molecular weight is 360 g/mol. The van der Waals surface area contributed by atoms with Crippen LogP contribution < -0.4 is 0 Å². The van der Waals surface area contributed by atoms with Crippen molar-refractivity contribution in [3.8, 4) is 0 Å². The quantitative estimate of drug-likeness (QED) is 0.629. The van der Waals surface area contributed by atoms with Gasteiger partial charge in [0.05, 0.1) is 0 Å². The summed E-state index contributed by atoms with van der Waals surface area (Å²) in [5.74, 6) is 3.04. The molecule has 2 bridgehead atoms. The molecule has 2 fully saturated rings. The SMILES string of the molecule is CC(C)C1C2C=CC(C2)[C@@H]1C1O[C@@H](c2ccccc2)[C@H](c2ccccc2)O1. The third-order valence-electron chi connectivity index (χ3n) is 6.76. The van der Waals surface area contributed by atoms with Gasteiger partial charge in [0, 0.05) is 5.92 Å². The molecular formula is C25H28O2. The third-order valence-corrected chi connectivity index (χ3v) is 6.76. The minimum atomic E-state index is -0.132. The number of hydrogen-bond donors (Lipinski definition) is 0. The predicted octanol–water partition coefficient (Wildman–Crippen LogP) is 5.94. The van der Waals surface area contributed by atoms with Crippen molar-refractivity contribution in [2.75, 3.05) is 0 Å². The summed E-state index contributed by atoms with van der Waals surface area (Å²) in [6.45, 7) is 4.70. The number of rotatable bonds is 4. The summed E-state index contributed by atoms with van der Waals surface area (Å²) >= 11 is 0. The minimum absolute atomic E-state index is 0.0467. The third kappa shape index (κ3) is 2.96. The van der Waals surface area contributed by atoms with E-state index in [4.69, 9.17) is 9.47 Å². The van der Waals surface area contributed by atoms with Crippen molar-refractivity contribution in [3.63, 3.8) is 0 Å². The van der Waals surface area contributed by atoms with Crippen LogP contribution in [0.25, 0.3) is 0 Å². The van der Waals surface area contributed by atoms with E-state index >= 15 is 0 Å². The molecule has 6 atom stereocenters. The molecule has 2 aliphatic carbocycles. The molecule has 1 saturated heterocycles. The Morgan fingerprint density at radius 2 is 1.26 bits per heavy atom. The smallest absolute Gasteiger partial charge is 0.163 e. The van der Waals surface area contributed by atoms with Gasteiger partial charge in [0.1, 0.15) is 12.2 Å². The van der Waals surface area contributed by atoms with Crippen LogP contribution in [0.15, 0.2) is 72.8 Å². The van der Waals surface area contributed by atoms with Gasteiger partial charge in [-0.05, 0) is 41.2 Å². The lowest BCUT2D eigenvalue weighted by Gasteiger charge is -2.34. The molecule has 1 heterocycles. The normalized spacial score (nSPS) is 35.4. The summed E-state index contributed by atoms with van der Waals surface area (Å²) in [4.78, 5) is 0. The fourth-order valence-corrected chi connectivity index (χ4v) is 5.66. The first kappa shape index (κ1) is 17.2. The van der Waals surface area contributed by atoms with E-state index in [1.54, 1.807) is 0 Å². The number of benzene rings is 2. The zero-order valence-electron chi connectivity index (χ0n) is 16.1. The van der Waals surface area contributed by atoms with Crippen LogP contribution in [-0.2, 0) is 9.47 Å². The summed E-state index contributed by atoms with van der Waals surface area (Å²) in [6, 6.07) is 21.1. The second-order valence-corrected chi connectivity index (χ2v) is 8.65. The van der Waals surface area contributed by atoms with Gasteiger partial charge in [-0.3, -0.25) is 0 Å². The van der Waals surface area contributed by atoms with E-state index in [9.17, 15) is 0 Å². The van der Waals surface area contributed by atoms with Crippen LogP contribution in [0.4, 0.5) is 0 Å². The highest BCUT2D eigenvalue weighted by atomic mass is 16.7. The maximum Gasteiger partial charge on any atom is 0.163 e. The molecule has 2 nitrogen and oxygen atoms in total. The van der Waals surface area contributed by atoms with Crippen molar-refractivity contribution in [3.05, 3.63) is 83.9 Å². The van der Waals surface area contributed by atoms with Crippen LogP contribution in [0.5, 0.6) is 0 Å². The van der Waals surface area contributed by atoms with Crippen LogP contribution in [0.3, 0.4) is 0 Å². The Kier molecular flexibility index (Phi) is 4.41. The van der Waals surface area contributed by atoms with E-state index in [-0.39, 0.29) is 18.5 Å². The summed E-state index contributed by atoms with van der Waals surface area (Å²) in [5, 5.41) is 0. The molecule has 0 amide bonds. The average Bonchev–Trinajstić information content (AvgIpc) is 3.43. The largest absolute Gasteiger partial charge is 0.341 e. The zero-order valence-corrected chi connectivity index (χ0v) is 16.1. The standard InChI is InChI=1S/C25H28O2/c1-16(2)21-19-13-14-20(15-19)22(21)25-26-23(17-9-5-3-6-10-17)24(27-25)18-11-7-4-8-12-18/h3-14,16,19-25H,15H2,1-2H3/t19?,20?,21?,22-,23-,24-/m0/s1. The topological polar surface area (TPSA) is 18.5 Å². The molecule has 1 saturated carbocycles. The van der Waals surface area contributed by atoms with Crippen LogP contribution >= 0.6 is 0 Å². The van der Waals surface area contributed by atoms with E-state index in [1.165, 1.54) is 17.5 Å². The summed E-state index contributed by atoms with van der Waals surface area (Å²) in [6.07, 6.45) is 5.89. The lowest BCUT2D eigenvalue weighted by Crippen LogP contribution is -2.34. The Labute approximate surface area is 162 Å². The molecule has 0 N–H and O–H groups in total. The lowest BCUT2D eigenvalue weighted by molar-refractivity contribution is -0.128. The first-order valence-corrected chi connectivity index (χ1v) is 10.3. The van der Waals surface area contributed by atoms with Gasteiger partial charge in [-0.1, -0.05) is 86.7 Å². The van der Waals surface area contributed by atoms with Crippen molar-refractivity contribution < 1.29 is 9.47 Å². The van der Waals surface area contributed by atoms with Crippen molar-refractivity contribution in [1.82, 2.24) is 0 Å². The van der Waals surface area contributed by atoms with Gasteiger partial charge < -0.3 is 9.47 Å². The van der Waals surface area contributed by atoms with Crippen LogP contribution in [0, 0.1) is 29.6 Å². The van der Waals surface area contributed by atoms with Crippen molar-refractivity contribution in [2.24, 2.45) is 29.6 Å². The number of hydrogen-bond acceptors (Lipinski definition) is 2. The fraction of sp³-hybridized carbons (Fsp3) is 0.440.